The van der Waals surface area contributed by atoms with E-state index in [0.29, 0.717) is 11.3 Å². The minimum atomic E-state index is 0.506. The largest absolute Gasteiger partial charge is 0.397 e. The standard InChI is InChI=1S/C14H9N3S2/c15-8-9-4-3-7-12(13(9)16)19-14-17-10-5-1-2-6-11(10)18-14/h1-7H,16H2. The smallest absolute Gasteiger partial charge is 0.155 e. The van der Waals surface area contributed by atoms with Crippen molar-refractivity contribution in [2.24, 2.45) is 0 Å². The quantitative estimate of drug-likeness (QED) is 0.724. The second-order valence-electron chi connectivity index (χ2n) is 3.88. The summed E-state index contributed by atoms with van der Waals surface area (Å²) in [5.74, 6) is 0. The Hall–Kier alpha value is -2.03. The predicted octanol–water partition coefficient (Wildman–Crippen LogP) is 3.90. The third kappa shape index (κ3) is 2.28. The van der Waals surface area contributed by atoms with E-state index in [4.69, 9.17) is 11.0 Å². The second kappa shape index (κ2) is 4.92. The number of nitrogen functional groups attached to an aromatic ring is 1. The van der Waals surface area contributed by atoms with Gasteiger partial charge in [0, 0.05) is 4.90 Å². The normalized spacial score (nSPS) is 10.5. The van der Waals surface area contributed by atoms with Crippen LogP contribution >= 0.6 is 23.1 Å². The lowest BCUT2D eigenvalue weighted by atomic mass is 10.2. The van der Waals surface area contributed by atoms with Crippen molar-refractivity contribution < 1.29 is 0 Å². The number of nitriles is 1. The van der Waals surface area contributed by atoms with Gasteiger partial charge >= 0.3 is 0 Å². The van der Waals surface area contributed by atoms with Crippen LogP contribution in [0.25, 0.3) is 10.2 Å². The summed E-state index contributed by atoms with van der Waals surface area (Å²) in [5, 5.41) is 8.97. The van der Waals surface area contributed by atoms with Crippen molar-refractivity contribution in [1.82, 2.24) is 4.98 Å². The van der Waals surface area contributed by atoms with Crippen molar-refractivity contribution in [3.8, 4) is 6.07 Å². The van der Waals surface area contributed by atoms with Crippen LogP contribution < -0.4 is 5.73 Å². The summed E-state index contributed by atoms with van der Waals surface area (Å²) >= 11 is 3.13. The second-order valence-corrected chi connectivity index (χ2v) is 6.20. The molecule has 0 aliphatic rings. The Balaban J connectivity index is 1.99. The molecule has 2 aromatic carbocycles. The molecule has 1 heterocycles. The molecular formula is C14H9N3S2. The van der Waals surface area contributed by atoms with Gasteiger partial charge in [-0.05, 0) is 24.3 Å². The zero-order valence-electron chi connectivity index (χ0n) is 9.83. The van der Waals surface area contributed by atoms with Crippen molar-refractivity contribution in [2.45, 2.75) is 9.24 Å². The molecule has 19 heavy (non-hydrogen) atoms. The molecule has 92 valence electrons. The highest BCUT2D eigenvalue weighted by Gasteiger charge is 2.09. The first-order valence-corrected chi connectivity index (χ1v) is 7.23. The summed E-state index contributed by atoms with van der Waals surface area (Å²) in [4.78, 5) is 5.42. The van der Waals surface area contributed by atoms with E-state index in [9.17, 15) is 0 Å². The number of hydrogen-bond donors (Lipinski definition) is 1. The summed E-state index contributed by atoms with van der Waals surface area (Å²) in [6.45, 7) is 0. The van der Waals surface area contributed by atoms with Crippen LogP contribution in [-0.2, 0) is 0 Å². The summed E-state index contributed by atoms with van der Waals surface area (Å²) in [7, 11) is 0. The Morgan fingerprint density at radius 2 is 2.00 bits per heavy atom. The Bertz CT molecular complexity index is 754. The van der Waals surface area contributed by atoms with Crippen LogP contribution in [0.1, 0.15) is 5.56 Å². The number of anilines is 1. The van der Waals surface area contributed by atoms with Gasteiger partial charge in [0.1, 0.15) is 6.07 Å². The molecule has 0 bridgehead atoms. The first-order chi connectivity index (χ1) is 9.28. The van der Waals surface area contributed by atoms with Gasteiger partial charge in [-0.2, -0.15) is 5.26 Å². The summed E-state index contributed by atoms with van der Waals surface area (Å²) in [5.41, 5.74) is 7.99. The lowest BCUT2D eigenvalue weighted by Gasteiger charge is -2.03. The van der Waals surface area contributed by atoms with Gasteiger partial charge in [0.15, 0.2) is 4.34 Å². The highest BCUT2D eigenvalue weighted by atomic mass is 32.2. The first kappa shape index (κ1) is 12.0. The molecule has 2 N–H and O–H groups in total. The lowest BCUT2D eigenvalue weighted by Crippen LogP contribution is -1.92. The van der Waals surface area contributed by atoms with Gasteiger partial charge < -0.3 is 5.73 Å². The number of rotatable bonds is 2. The fraction of sp³-hybridized carbons (Fsp3) is 0. The average molecular weight is 283 g/mol. The van der Waals surface area contributed by atoms with Crippen LogP contribution in [0.2, 0.25) is 0 Å². The molecule has 0 aliphatic carbocycles. The zero-order valence-corrected chi connectivity index (χ0v) is 11.5. The molecule has 1 aromatic heterocycles. The predicted molar refractivity (Wildman–Crippen MR) is 79.3 cm³/mol. The van der Waals surface area contributed by atoms with E-state index in [1.54, 1.807) is 17.4 Å². The lowest BCUT2D eigenvalue weighted by molar-refractivity contribution is 1.29. The Morgan fingerprint density at radius 1 is 1.16 bits per heavy atom. The van der Waals surface area contributed by atoms with Crippen LogP contribution in [0.5, 0.6) is 0 Å². The Morgan fingerprint density at radius 3 is 2.79 bits per heavy atom. The number of aromatic nitrogens is 1. The van der Waals surface area contributed by atoms with Gasteiger partial charge in [-0.25, -0.2) is 4.98 Å². The molecule has 3 nitrogen and oxygen atoms in total. The average Bonchev–Trinajstić information content (AvgIpc) is 2.83. The Kier molecular flexibility index (Phi) is 3.11. The van der Waals surface area contributed by atoms with Crippen molar-refractivity contribution in [3.63, 3.8) is 0 Å². The van der Waals surface area contributed by atoms with E-state index in [1.807, 2.05) is 36.4 Å². The molecule has 3 rings (SSSR count). The van der Waals surface area contributed by atoms with E-state index >= 15 is 0 Å². The van der Waals surface area contributed by atoms with Crippen molar-refractivity contribution >= 4 is 39.0 Å². The number of nitrogens with two attached hydrogens (primary N) is 1. The van der Waals surface area contributed by atoms with Gasteiger partial charge in [-0.3, -0.25) is 0 Å². The fourth-order valence-corrected chi connectivity index (χ4v) is 3.82. The van der Waals surface area contributed by atoms with Crippen molar-refractivity contribution in [1.29, 1.82) is 5.26 Å². The third-order valence-electron chi connectivity index (χ3n) is 2.66. The molecule has 5 heteroatoms. The molecule has 0 fully saturated rings. The molecule has 0 radical (unpaired) electrons. The summed E-state index contributed by atoms with van der Waals surface area (Å²) in [6, 6.07) is 15.6. The first-order valence-electron chi connectivity index (χ1n) is 5.60. The number of nitrogens with zero attached hydrogens (tertiary/aromatic N) is 2. The van der Waals surface area contributed by atoms with Crippen molar-refractivity contribution in [3.05, 3.63) is 48.0 Å². The fourth-order valence-electron chi connectivity index (χ4n) is 1.72. The number of benzene rings is 2. The van der Waals surface area contributed by atoms with Crippen LogP contribution in [0.3, 0.4) is 0 Å². The molecule has 3 aromatic rings. The number of fused-ring (bicyclic) bond motifs is 1. The van der Waals surface area contributed by atoms with Gasteiger partial charge in [0.2, 0.25) is 0 Å². The van der Waals surface area contributed by atoms with Gasteiger partial charge in [0.25, 0.3) is 0 Å². The maximum atomic E-state index is 8.97. The van der Waals surface area contributed by atoms with E-state index in [0.717, 1.165) is 19.5 Å². The third-order valence-corrected chi connectivity index (χ3v) is 4.83. The molecular weight excluding hydrogens is 274 g/mol. The zero-order chi connectivity index (χ0) is 13.2. The van der Waals surface area contributed by atoms with E-state index in [-0.39, 0.29) is 0 Å². The van der Waals surface area contributed by atoms with Crippen LogP contribution in [-0.4, -0.2) is 4.98 Å². The van der Waals surface area contributed by atoms with Gasteiger partial charge in [-0.1, -0.05) is 30.0 Å². The summed E-state index contributed by atoms with van der Waals surface area (Å²) in [6.07, 6.45) is 0. The monoisotopic (exact) mass is 283 g/mol. The van der Waals surface area contributed by atoms with E-state index < -0.39 is 0 Å². The maximum absolute atomic E-state index is 8.97. The molecule has 0 spiro atoms. The van der Waals surface area contributed by atoms with Gasteiger partial charge in [-0.15, -0.1) is 11.3 Å². The minimum Gasteiger partial charge on any atom is -0.397 e. The highest BCUT2D eigenvalue weighted by molar-refractivity contribution is 8.01. The summed E-state index contributed by atoms with van der Waals surface area (Å²) < 4.78 is 2.09. The molecule has 0 unspecified atom stereocenters. The van der Waals surface area contributed by atoms with E-state index in [1.165, 1.54) is 11.8 Å². The maximum Gasteiger partial charge on any atom is 0.155 e. The van der Waals surface area contributed by atoms with Crippen LogP contribution in [0.15, 0.2) is 51.7 Å². The molecule has 0 saturated carbocycles. The SMILES string of the molecule is N#Cc1cccc(Sc2nc3ccccc3s2)c1N. The van der Waals surface area contributed by atoms with Gasteiger partial charge in [0.05, 0.1) is 21.5 Å². The number of para-hydroxylation sites is 2. The molecule has 0 saturated heterocycles. The molecule has 0 amide bonds. The van der Waals surface area contributed by atoms with Crippen LogP contribution in [0.4, 0.5) is 5.69 Å². The highest BCUT2D eigenvalue weighted by Crippen LogP contribution is 2.37. The molecule has 0 atom stereocenters. The minimum absolute atomic E-state index is 0.506. The van der Waals surface area contributed by atoms with E-state index in [2.05, 4.69) is 11.1 Å². The Labute approximate surface area is 118 Å². The topological polar surface area (TPSA) is 62.7 Å². The number of thiazole rings is 1. The van der Waals surface area contributed by atoms with Crippen LogP contribution in [0, 0.1) is 11.3 Å². The number of hydrogen-bond acceptors (Lipinski definition) is 5. The molecule has 0 aliphatic heterocycles. The van der Waals surface area contributed by atoms with Crippen molar-refractivity contribution in [2.75, 3.05) is 5.73 Å².